The number of nitrogens with one attached hydrogen (secondary N) is 4. The minimum absolute atomic E-state index is 0.00717. The fourth-order valence-electron chi connectivity index (χ4n) is 8.63. The molecule has 428 valence electrons. The highest BCUT2D eigenvalue weighted by Crippen LogP contribution is 2.66. The third kappa shape index (κ3) is 18.0. The van der Waals surface area contributed by atoms with Gasteiger partial charge in [-0.15, -0.1) is 0 Å². The number of aliphatic hydroxyl groups excluding tert-OH is 1. The van der Waals surface area contributed by atoms with Gasteiger partial charge < -0.3 is 82.0 Å². The molecule has 30 nitrogen and oxygen atoms in total. The third-order valence-corrected chi connectivity index (χ3v) is 18.3. The van der Waals surface area contributed by atoms with Gasteiger partial charge >= 0.3 is 41.5 Å². The molecule has 6 rings (SSSR count). The van der Waals surface area contributed by atoms with Gasteiger partial charge in [0.25, 0.3) is 0 Å². The molecule has 8 atom stereocenters. The van der Waals surface area contributed by atoms with Crippen molar-refractivity contribution in [3.8, 4) is 11.1 Å². The Morgan fingerprint density at radius 3 is 2.14 bits per heavy atom. The van der Waals surface area contributed by atoms with Crippen LogP contribution in [0, 0.1) is 0 Å². The molecule has 0 radical (unpaired) electrons. The summed E-state index contributed by atoms with van der Waals surface area (Å²) >= 11 is 0. The number of phosphoric ester groups is 1. The summed E-state index contributed by atoms with van der Waals surface area (Å²) in [5.74, 6) is -4.89. The second-order valence-corrected chi connectivity index (χ2v) is 24.8. The highest BCUT2D eigenvalue weighted by molar-refractivity contribution is 8.76. The number of alkyl carbamates (subject to hydrolysis) is 1. The molecule has 0 saturated carbocycles. The van der Waals surface area contributed by atoms with Crippen LogP contribution in [0.5, 0.6) is 0 Å². The van der Waals surface area contributed by atoms with Crippen LogP contribution in [-0.2, 0) is 60.3 Å². The van der Waals surface area contributed by atoms with Crippen LogP contribution in [0.25, 0.3) is 11.1 Å². The van der Waals surface area contributed by atoms with E-state index >= 15 is 0 Å². The van der Waals surface area contributed by atoms with Crippen LogP contribution in [-0.4, -0.2) is 155 Å². The molecule has 78 heavy (non-hydrogen) atoms. The van der Waals surface area contributed by atoms with E-state index < -0.39 is 103 Å². The molecule has 1 fully saturated rings. The number of phosphoric acid groups is 3. The third-order valence-electron chi connectivity index (χ3n) is 12.1. The summed E-state index contributed by atoms with van der Waals surface area (Å²) in [5, 5.41) is 39.3. The number of aromatic nitrogens is 2. The number of carbonyl (C=O) groups excluding carboxylic acids is 4. The molecular weight excluding hydrogens is 1140 g/mol. The molecule has 1 aromatic heterocycles. The Hall–Kier alpha value is -5.43. The number of rotatable bonds is 30. The topological polar surface area (TPSA) is 471 Å². The predicted octanol–water partition coefficient (Wildman–Crippen LogP) is 1.88. The number of anilines is 3. The van der Waals surface area contributed by atoms with E-state index in [9.17, 15) is 62.5 Å². The van der Waals surface area contributed by atoms with Crippen LogP contribution in [0.15, 0.2) is 48.5 Å². The molecule has 35 heteroatoms. The number of amides is 4. The van der Waals surface area contributed by atoms with Crippen molar-refractivity contribution in [1.29, 1.82) is 0 Å². The SMILES string of the molecule is Nc1nc(N)c2c(n1)N(C1CC(O)C(COP(=O)(O)OP(=O)(O)OP(=O)(O)O)O1)CC2CNC(=O)CCSSCC(NC(=O)OCC1c2ccccc2-c2ccccc21)C(=O)NCCCCCC(=O)NC(CC(=O)O)C(=O)O. The number of hydrogen-bond acceptors (Lipinski definition) is 22. The molecule has 3 heterocycles. The lowest BCUT2D eigenvalue weighted by atomic mass is 9.98. The van der Waals surface area contributed by atoms with Crippen molar-refractivity contribution in [1.82, 2.24) is 31.2 Å². The van der Waals surface area contributed by atoms with Crippen LogP contribution in [0.1, 0.15) is 73.5 Å². The molecule has 1 saturated heterocycles. The highest BCUT2D eigenvalue weighted by atomic mass is 33.1. The summed E-state index contributed by atoms with van der Waals surface area (Å²) in [4.78, 5) is 121. The van der Waals surface area contributed by atoms with Gasteiger partial charge in [0.2, 0.25) is 23.7 Å². The average molecular weight is 1190 g/mol. The number of nitrogens with two attached hydrogens (primary N) is 2. The Morgan fingerprint density at radius 1 is 0.808 bits per heavy atom. The fraction of sp³-hybridized carbons (Fsp3) is 0.488. The molecule has 3 aromatic rings. The number of carbonyl (C=O) groups is 6. The van der Waals surface area contributed by atoms with Crippen molar-refractivity contribution in [2.75, 3.05) is 60.7 Å². The van der Waals surface area contributed by atoms with Gasteiger partial charge in [-0.2, -0.15) is 18.6 Å². The summed E-state index contributed by atoms with van der Waals surface area (Å²) in [6.45, 7) is -0.666. The second kappa shape index (κ2) is 27.6. The first kappa shape index (κ1) is 61.8. The smallest absolute Gasteiger partial charge is 0.481 e. The van der Waals surface area contributed by atoms with Gasteiger partial charge in [-0.3, -0.25) is 23.7 Å². The first-order valence-electron chi connectivity index (χ1n) is 23.7. The van der Waals surface area contributed by atoms with Crippen molar-refractivity contribution in [3.05, 3.63) is 65.2 Å². The molecule has 15 N–H and O–H groups in total. The molecule has 3 aliphatic rings. The van der Waals surface area contributed by atoms with Crippen LogP contribution in [0.4, 0.5) is 22.4 Å². The zero-order chi connectivity index (χ0) is 57.0. The molecule has 0 spiro atoms. The maximum Gasteiger partial charge on any atom is 0.490 e. The molecule has 2 aromatic carbocycles. The average Bonchev–Trinajstić information content (AvgIpc) is 4.01. The van der Waals surface area contributed by atoms with Crippen molar-refractivity contribution >= 4 is 98.4 Å². The van der Waals surface area contributed by atoms with Gasteiger partial charge in [0.05, 0.1) is 19.1 Å². The van der Waals surface area contributed by atoms with Crippen molar-refractivity contribution in [3.63, 3.8) is 0 Å². The van der Waals surface area contributed by atoms with E-state index in [0.29, 0.717) is 24.8 Å². The number of nitrogen functional groups attached to an aromatic ring is 2. The second-order valence-electron chi connectivity index (χ2n) is 17.7. The van der Waals surface area contributed by atoms with E-state index in [-0.39, 0.29) is 86.4 Å². The minimum Gasteiger partial charge on any atom is -0.481 e. The number of ether oxygens (including phenoxy) is 2. The monoisotopic (exact) mass is 1190 g/mol. The summed E-state index contributed by atoms with van der Waals surface area (Å²) in [6, 6.07) is 12.9. The van der Waals surface area contributed by atoms with E-state index in [0.717, 1.165) is 22.3 Å². The normalized spacial score (nSPS) is 20.0. The lowest BCUT2D eigenvalue weighted by molar-refractivity contribution is -0.147. The number of benzene rings is 2. The van der Waals surface area contributed by atoms with Crippen molar-refractivity contribution in [2.24, 2.45) is 0 Å². The number of aliphatic carboxylic acids is 2. The van der Waals surface area contributed by atoms with Gasteiger partial charge in [-0.25, -0.2) is 23.3 Å². The Morgan fingerprint density at radius 2 is 1.49 bits per heavy atom. The molecular formula is C43H58N9O21P3S2. The lowest BCUT2D eigenvalue weighted by Gasteiger charge is -2.26. The minimum atomic E-state index is -5.80. The summed E-state index contributed by atoms with van der Waals surface area (Å²) in [6.07, 6.45) is -4.38. The van der Waals surface area contributed by atoms with Crippen molar-refractivity contribution in [2.45, 2.75) is 87.3 Å². The Kier molecular flexibility index (Phi) is 21.9. The zero-order valence-electron chi connectivity index (χ0n) is 41.1. The Labute approximate surface area is 452 Å². The van der Waals surface area contributed by atoms with Crippen molar-refractivity contribution < 1.29 is 100.0 Å². The Bertz CT molecular complexity index is 2790. The molecule has 8 unspecified atom stereocenters. The van der Waals surface area contributed by atoms with E-state index in [1.54, 1.807) is 4.90 Å². The largest absolute Gasteiger partial charge is 0.490 e. The van der Waals surface area contributed by atoms with E-state index in [1.807, 2.05) is 48.5 Å². The standard InChI is InChI=1S/C43H58N9O21P3S2/c44-38-37-23(19-52(39(37)51-42(45)50-38)35-17-31(53)32(71-35)21-70-75(65,66)73-76(67,68)72-74(62,63)64)18-47-33(54)13-15-77-78-22-30(40(58)46-14-7-1-2-12-34(55)48-29(41(59)60)16-36(56)57)49-43(61)69-20-28-26-10-5-3-8-24(26)25-9-4-6-11-27(25)28/h3-6,8-11,23,28-32,35,53H,1-2,7,12-22H2,(H,46,58)(H,47,54)(H,48,55)(H,49,61)(H,56,57)(H,59,60)(H,65,66)(H,67,68)(H2,62,63,64)(H4,44,45,50,51). The van der Waals surface area contributed by atoms with Gasteiger partial charge in [-0.05, 0) is 35.1 Å². The van der Waals surface area contributed by atoms with Crippen LogP contribution >= 0.6 is 45.1 Å². The number of carboxylic acids is 2. The Balaban J connectivity index is 0.979. The number of aliphatic hydroxyl groups is 1. The number of carboxylic acid groups (broad SMARTS) is 2. The summed E-state index contributed by atoms with van der Waals surface area (Å²) in [7, 11) is -14.5. The van der Waals surface area contributed by atoms with Gasteiger partial charge in [0.15, 0.2) is 0 Å². The van der Waals surface area contributed by atoms with Gasteiger partial charge in [-0.1, -0.05) is 76.5 Å². The first-order valence-corrected chi connectivity index (χ1v) is 30.8. The van der Waals surface area contributed by atoms with Crippen LogP contribution in [0.3, 0.4) is 0 Å². The predicted molar refractivity (Wildman–Crippen MR) is 278 cm³/mol. The summed E-state index contributed by atoms with van der Waals surface area (Å²) in [5.41, 5.74) is 16.6. The van der Waals surface area contributed by atoms with E-state index in [2.05, 4.69) is 44.4 Å². The quantitative estimate of drug-likeness (QED) is 0.0257. The van der Waals surface area contributed by atoms with E-state index in [1.165, 1.54) is 21.6 Å². The molecule has 0 bridgehead atoms. The maximum absolute atomic E-state index is 13.5. The highest BCUT2D eigenvalue weighted by Gasteiger charge is 2.46. The van der Waals surface area contributed by atoms with Gasteiger partial charge in [0.1, 0.15) is 42.7 Å². The molecule has 1 aliphatic carbocycles. The zero-order valence-corrected chi connectivity index (χ0v) is 45.4. The maximum atomic E-state index is 13.5. The summed E-state index contributed by atoms with van der Waals surface area (Å²) < 4.78 is 58.6. The number of hydrogen-bond donors (Lipinski definition) is 13. The number of fused-ring (bicyclic) bond motifs is 4. The lowest BCUT2D eigenvalue weighted by Crippen LogP contribution is -2.48. The van der Waals surface area contributed by atoms with Crippen LogP contribution in [0.2, 0.25) is 0 Å². The number of nitrogens with zero attached hydrogens (tertiary/aromatic N) is 3. The van der Waals surface area contributed by atoms with Gasteiger partial charge in [0, 0.05) is 67.8 Å². The molecule has 2 aliphatic heterocycles. The first-order chi connectivity index (χ1) is 36.8. The van der Waals surface area contributed by atoms with E-state index in [4.69, 9.17) is 35.8 Å². The van der Waals surface area contributed by atoms with Crippen LogP contribution < -0.4 is 37.6 Å². The number of unbranched alkanes of at least 4 members (excludes halogenated alkanes) is 2. The fourth-order valence-corrected chi connectivity index (χ4v) is 13.8. The molecule has 4 amide bonds.